The van der Waals surface area contributed by atoms with Gasteiger partial charge in [0.2, 0.25) is 5.75 Å². The third-order valence-corrected chi connectivity index (χ3v) is 4.68. The molecule has 2 aliphatic rings. The number of nitro benzene ring substituents is 1. The fraction of sp³-hybridized carbons (Fsp3) is 0.571. The molecule has 0 heterocycles. The summed E-state index contributed by atoms with van der Waals surface area (Å²) in [7, 11) is 0. The minimum atomic E-state index is -0.728. The molecule has 6 heteroatoms. The first kappa shape index (κ1) is 13.3. The summed E-state index contributed by atoms with van der Waals surface area (Å²) < 4.78 is 19.4. The molecule has 2 aliphatic carbocycles. The van der Waals surface area contributed by atoms with Gasteiger partial charge in [-0.05, 0) is 18.9 Å². The normalized spacial score (nSPS) is 27.3. The van der Waals surface area contributed by atoms with E-state index in [1.54, 1.807) is 0 Å². The lowest BCUT2D eigenvalue weighted by atomic mass is 9.62. The summed E-state index contributed by atoms with van der Waals surface area (Å²) in [4.78, 5) is 10.3. The Labute approximate surface area is 115 Å². The molecule has 5 nitrogen and oxygen atoms in total. The Kier molecular flexibility index (Phi) is 3.12. The third-order valence-electron chi connectivity index (χ3n) is 4.68. The lowest BCUT2D eigenvalue weighted by Crippen LogP contribution is -2.58. The van der Waals surface area contributed by atoms with Crippen LogP contribution in [0, 0.1) is 21.3 Å². The molecule has 0 amide bonds. The van der Waals surface area contributed by atoms with E-state index in [2.05, 4.69) is 0 Å². The van der Waals surface area contributed by atoms with Gasteiger partial charge in [0, 0.05) is 17.9 Å². The molecule has 0 saturated heterocycles. The number of hydrogen-bond donors (Lipinski definition) is 1. The Bertz CT molecular complexity index is 542. The molecular formula is C14H16FNO4. The van der Waals surface area contributed by atoms with Gasteiger partial charge >= 0.3 is 5.69 Å². The molecule has 0 aromatic heterocycles. The number of aliphatic hydroxyl groups excluding tert-OH is 1. The summed E-state index contributed by atoms with van der Waals surface area (Å²) in [5, 5.41) is 20.9. The first-order valence-corrected chi connectivity index (χ1v) is 6.82. The van der Waals surface area contributed by atoms with Crippen LogP contribution in [0.1, 0.15) is 32.1 Å². The number of rotatable bonds is 3. The van der Waals surface area contributed by atoms with Crippen LogP contribution in [0.2, 0.25) is 0 Å². The van der Waals surface area contributed by atoms with E-state index in [-0.39, 0.29) is 23.0 Å². The zero-order chi connectivity index (χ0) is 14.3. The van der Waals surface area contributed by atoms with Crippen LogP contribution in [-0.4, -0.2) is 22.2 Å². The minimum absolute atomic E-state index is 0.305. The molecule has 2 unspecified atom stereocenters. The largest absolute Gasteiger partial charge is 0.481 e. The average molecular weight is 281 g/mol. The van der Waals surface area contributed by atoms with Crippen molar-refractivity contribution in [2.24, 2.45) is 5.41 Å². The highest BCUT2D eigenvalue weighted by Crippen LogP contribution is 2.55. The van der Waals surface area contributed by atoms with Crippen molar-refractivity contribution in [2.75, 3.05) is 0 Å². The van der Waals surface area contributed by atoms with Crippen LogP contribution >= 0.6 is 0 Å². The van der Waals surface area contributed by atoms with Crippen LogP contribution in [0.25, 0.3) is 0 Å². The van der Waals surface area contributed by atoms with Crippen molar-refractivity contribution in [3.63, 3.8) is 0 Å². The second-order valence-electron chi connectivity index (χ2n) is 5.64. The van der Waals surface area contributed by atoms with E-state index in [0.29, 0.717) is 6.42 Å². The van der Waals surface area contributed by atoms with E-state index >= 15 is 0 Å². The number of hydrogen-bond acceptors (Lipinski definition) is 4. The Hall–Kier alpha value is -1.69. The number of halogens is 1. The molecule has 0 bridgehead atoms. The van der Waals surface area contributed by atoms with Crippen LogP contribution < -0.4 is 4.74 Å². The Morgan fingerprint density at radius 2 is 2.10 bits per heavy atom. The molecule has 1 aromatic carbocycles. The summed E-state index contributed by atoms with van der Waals surface area (Å²) >= 11 is 0. The predicted molar refractivity (Wildman–Crippen MR) is 69.0 cm³/mol. The van der Waals surface area contributed by atoms with Gasteiger partial charge in [0.05, 0.1) is 11.0 Å². The summed E-state index contributed by atoms with van der Waals surface area (Å²) in [6.45, 7) is 0. The Morgan fingerprint density at radius 3 is 2.70 bits per heavy atom. The monoisotopic (exact) mass is 281 g/mol. The van der Waals surface area contributed by atoms with Crippen LogP contribution in [0.15, 0.2) is 18.2 Å². The van der Waals surface area contributed by atoms with Crippen molar-refractivity contribution in [2.45, 2.75) is 44.3 Å². The number of para-hydroxylation sites is 1. The van der Waals surface area contributed by atoms with Crippen molar-refractivity contribution in [1.29, 1.82) is 0 Å². The molecule has 20 heavy (non-hydrogen) atoms. The smallest absolute Gasteiger partial charge is 0.314 e. The number of aliphatic hydroxyl groups is 1. The quantitative estimate of drug-likeness (QED) is 0.683. The molecule has 1 spiro atoms. The third kappa shape index (κ3) is 1.86. The summed E-state index contributed by atoms with van der Waals surface area (Å²) in [5.74, 6) is -1.03. The minimum Gasteiger partial charge on any atom is -0.481 e. The zero-order valence-electron chi connectivity index (χ0n) is 10.9. The summed E-state index contributed by atoms with van der Waals surface area (Å²) in [6.07, 6.45) is 3.32. The van der Waals surface area contributed by atoms with Gasteiger partial charge in [-0.1, -0.05) is 18.9 Å². The topological polar surface area (TPSA) is 72.6 Å². The molecule has 0 radical (unpaired) electrons. The molecule has 2 fully saturated rings. The fourth-order valence-electron chi connectivity index (χ4n) is 3.48. The predicted octanol–water partition coefficient (Wildman–Crippen LogP) is 2.81. The number of nitrogens with zero attached hydrogens (tertiary/aromatic N) is 1. The van der Waals surface area contributed by atoms with Crippen molar-refractivity contribution in [3.05, 3.63) is 34.1 Å². The second-order valence-corrected chi connectivity index (χ2v) is 5.64. The standard InChI is InChI=1S/C14H16FNO4/c15-9-4-3-5-10(16(18)19)13(9)20-12-8-11(17)14(12)6-1-2-7-14/h3-5,11-12,17H,1-2,6-8H2. The van der Waals surface area contributed by atoms with Crippen molar-refractivity contribution in [3.8, 4) is 5.75 Å². The lowest BCUT2D eigenvalue weighted by molar-refractivity contribution is -0.386. The molecule has 2 saturated carbocycles. The van der Waals surface area contributed by atoms with E-state index in [0.717, 1.165) is 31.7 Å². The Morgan fingerprint density at radius 1 is 1.40 bits per heavy atom. The second kappa shape index (κ2) is 4.70. The number of nitro groups is 1. The van der Waals surface area contributed by atoms with Crippen molar-refractivity contribution < 1.29 is 19.2 Å². The maximum atomic E-state index is 13.8. The van der Waals surface area contributed by atoms with Gasteiger partial charge in [0.15, 0.2) is 5.82 Å². The fourth-order valence-corrected chi connectivity index (χ4v) is 3.48. The lowest BCUT2D eigenvalue weighted by Gasteiger charge is -2.50. The molecule has 3 rings (SSSR count). The van der Waals surface area contributed by atoms with E-state index in [4.69, 9.17) is 4.74 Å². The van der Waals surface area contributed by atoms with Gasteiger partial charge in [0.25, 0.3) is 0 Å². The molecule has 2 atom stereocenters. The number of benzene rings is 1. The molecule has 1 N–H and O–H groups in total. The molecule has 0 aliphatic heterocycles. The van der Waals surface area contributed by atoms with Gasteiger partial charge in [0.1, 0.15) is 6.10 Å². The van der Waals surface area contributed by atoms with E-state index in [1.807, 2.05) is 0 Å². The summed E-state index contributed by atoms with van der Waals surface area (Å²) in [6, 6.07) is 3.68. The highest BCUT2D eigenvalue weighted by Gasteiger charge is 2.57. The summed E-state index contributed by atoms with van der Waals surface area (Å²) in [5.41, 5.74) is -0.699. The molecule has 108 valence electrons. The van der Waals surface area contributed by atoms with E-state index in [1.165, 1.54) is 12.1 Å². The van der Waals surface area contributed by atoms with Gasteiger partial charge < -0.3 is 9.84 Å². The number of ether oxygens (including phenoxy) is 1. The van der Waals surface area contributed by atoms with Crippen LogP contribution in [0.3, 0.4) is 0 Å². The van der Waals surface area contributed by atoms with Crippen LogP contribution in [0.4, 0.5) is 10.1 Å². The highest BCUT2D eigenvalue weighted by atomic mass is 19.1. The zero-order valence-corrected chi connectivity index (χ0v) is 10.9. The van der Waals surface area contributed by atoms with Gasteiger partial charge in [-0.2, -0.15) is 0 Å². The van der Waals surface area contributed by atoms with Crippen molar-refractivity contribution >= 4 is 5.69 Å². The van der Waals surface area contributed by atoms with E-state index < -0.39 is 16.8 Å². The maximum Gasteiger partial charge on any atom is 0.314 e. The first-order valence-electron chi connectivity index (χ1n) is 6.82. The maximum absolute atomic E-state index is 13.8. The van der Waals surface area contributed by atoms with Gasteiger partial charge in [-0.3, -0.25) is 10.1 Å². The first-order chi connectivity index (χ1) is 9.54. The highest BCUT2D eigenvalue weighted by molar-refractivity contribution is 5.47. The Balaban J connectivity index is 1.87. The van der Waals surface area contributed by atoms with Gasteiger partial charge in [-0.15, -0.1) is 0 Å². The molecule has 1 aromatic rings. The van der Waals surface area contributed by atoms with Crippen LogP contribution in [-0.2, 0) is 0 Å². The van der Waals surface area contributed by atoms with Gasteiger partial charge in [-0.25, -0.2) is 4.39 Å². The van der Waals surface area contributed by atoms with Crippen LogP contribution in [0.5, 0.6) is 5.75 Å². The SMILES string of the molecule is O=[N+]([O-])c1cccc(F)c1OC1CC(O)C12CCCC2. The van der Waals surface area contributed by atoms with E-state index in [9.17, 15) is 19.6 Å². The molecular weight excluding hydrogens is 265 g/mol. The van der Waals surface area contributed by atoms with Crippen molar-refractivity contribution in [1.82, 2.24) is 0 Å². The average Bonchev–Trinajstić information content (AvgIpc) is 2.92.